The van der Waals surface area contributed by atoms with E-state index in [1.807, 2.05) is 0 Å². The van der Waals surface area contributed by atoms with Crippen molar-refractivity contribution in [1.29, 1.82) is 0 Å². The first-order valence-electron chi connectivity index (χ1n) is 1.47. The van der Waals surface area contributed by atoms with E-state index < -0.39 is 5.97 Å². The van der Waals surface area contributed by atoms with Crippen molar-refractivity contribution in [1.82, 2.24) is 0 Å². The summed E-state index contributed by atoms with van der Waals surface area (Å²) in [5.74, 6) is -0.995. The molecule has 0 aliphatic heterocycles. The molecule has 0 unspecified atom stereocenters. The van der Waals surface area contributed by atoms with Crippen LogP contribution in [0.5, 0.6) is 0 Å². The molecule has 0 bridgehead atoms. The minimum atomic E-state index is -0.995. The Bertz CT molecular complexity index is 44.1. The monoisotopic (exact) mass is 80.0 g/mol. The predicted octanol–water partition coefficient (Wildman–Crippen LogP) is -3.85. The molecule has 0 aromatic heterocycles. The van der Waals surface area contributed by atoms with Gasteiger partial charge in [-0.15, -0.1) is 0 Å². The van der Waals surface area contributed by atoms with Gasteiger partial charge in [0, 0.05) is 5.97 Å². The Hall–Kier alpha value is 0.0674. The SMILES string of the molecule is CCC(=O)[O-].[Li+]. The van der Waals surface area contributed by atoms with E-state index >= 15 is 0 Å². The molecular formula is C3H5LiO2. The van der Waals surface area contributed by atoms with Gasteiger partial charge in [-0.3, -0.25) is 0 Å². The number of rotatable bonds is 1. The predicted molar refractivity (Wildman–Crippen MR) is 15.3 cm³/mol. The normalized spacial score (nSPS) is 6.17. The van der Waals surface area contributed by atoms with Gasteiger partial charge in [0.1, 0.15) is 0 Å². The molecule has 0 saturated carbocycles. The van der Waals surface area contributed by atoms with Gasteiger partial charge in [0.25, 0.3) is 0 Å². The molecule has 2 nitrogen and oxygen atoms in total. The summed E-state index contributed by atoms with van der Waals surface area (Å²) in [6, 6.07) is 0. The van der Waals surface area contributed by atoms with E-state index in [1.54, 1.807) is 0 Å². The van der Waals surface area contributed by atoms with E-state index in [4.69, 9.17) is 0 Å². The molecule has 0 aliphatic rings. The molecule has 30 valence electrons. The van der Waals surface area contributed by atoms with Gasteiger partial charge >= 0.3 is 18.9 Å². The van der Waals surface area contributed by atoms with E-state index in [0.29, 0.717) is 0 Å². The Morgan fingerprint density at radius 2 is 2.00 bits per heavy atom. The second-order valence-electron chi connectivity index (χ2n) is 0.726. The van der Waals surface area contributed by atoms with Crippen molar-refractivity contribution in [3.05, 3.63) is 0 Å². The van der Waals surface area contributed by atoms with Crippen molar-refractivity contribution in [2.24, 2.45) is 0 Å². The average Bonchev–Trinajstić information content (AvgIpc) is 1.38. The molecular weight excluding hydrogens is 75.0 g/mol. The van der Waals surface area contributed by atoms with Crippen LogP contribution in [-0.4, -0.2) is 5.97 Å². The molecule has 0 amide bonds. The van der Waals surface area contributed by atoms with Crippen molar-refractivity contribution in [2.75, 3.05) is 0 Å². The van der Waals surface area contributed by atoms with Gasteiger partial charge in [0.05, 0.1) is 0 Å². The van der Waals surface area contributed by atoms with Crippen molar-refractivity contribution < 1.29 is 28.8 Å². The molecule has 6 heavy (non-hydrogen) atoms. The van der Waals surface area contributed by atoms with Crippen molar-refractivity contribution in [3.63, 3.8) is 0 Å². The first-order chi connectivity index (χ1) is 2.27. The number of hydrogen-bond donors (Lipinski definition) is 0. The van der Waals surface area contributed by atoms with Crippen molar-refractivity contribution in [2.45, 2.75) is 13.3 Å². The molecule has 0 spiro atoms. The Labute approximate surface area is 48.7 Å². The van der Waals surface area contributed by atoms with Gasteiger partial charge in [-0.2, -0.15) is 0 Å². The van der Waals surface area contributed by atoms with Crippen molar-refractivity contribution >= 4 is 5.97 Å². The Balaban J connectivity index is 0. The fourth-order valence-electron chi connectivity index (χ4n) is 0. The Morgan fingerprint density at radius 3 is 2.00 bits per heavy atom. The molecule has 0 N–H and O–H groups in total. The third kappa shape index (κ3) is 8.95. The van der Waals surface area contributed by atoms with Crippen LogP contribution < -0.4 is 24.0 Å². The van der Waals surface area contributed by atoms with Gasteiger partial charge < -0.3 is 9.90 Å². The zero-order chi connectivity index (χ0) is 4.28. The number of carbonyl (C=O) groups excluding carboxylic acids is 1. The average molecular weight is 80.0 g/mol. The molecule has 0 aromatic carbocycles. The van der Waals surface area contributed by atoms with Crippen molar-refractivity contribution in [3.8, 4) is 0 Å². The Kier molecular flexibility index (Phi) is 7.95. The van der Waals surface area contributed by atoms with Gasteiger partial charge in [0.2, 0.25) is 0 Å². The molecule has 0 aromatic rings. The van der Waals surface area contributed by atoms with E-state index in [1.165, 1.54) is 6.92 Å². The van der Waals surface area contributed by atoms with Crippen LogP contribution in [0.1, 0.15) is 13.3 Å². The van der Waals surface area contributed by atoms with E-state index in [0.717, 1.165) is 0 Å². The largest absolute Gasteiger partial charge is 1.00 e. The second-order valence-corrected chi connectivity index (χ2v) is 0.726. The number of hydrogen-bond acceptors (Lipinski definition) is 2. The summed E-state index contributed by atoms with van der Waals surface area (Å²) < 4.78 is 0. The smallest absolute Gasteiger partial charge is 0.550 e. The van der Waals surface area contributed by atoms with Crippen LogP contribution in [0.2, 0.25) is 0 Å². The molecule has 0 atom stereocenters. The summed E-state index contributed by atoms with van der Waals surface area (Å²) in [6.45, 7) is 1.54. The second kappa shape index (κ2) is 5.07. The van der Waals surface area contributed by atoms with Crippen LogP contribution in [0.4, 0.5) is 0 Å². The third-order valence-electron chi connectivity index (χ3n) is 0.289. The summed E-state index contributed by atoms with van der Waals surface area (Å²) in [5.41, 5.74) is 0. The van der Waals surface area contributed by atoms with Gasteiger partial charge in [0.15, 0.2) is 0 Å². The fourth-order valence-corrected chi connectivity index (χ4v) is 0. The number of aliphatic carboxylic acids is 1. The Morgan fingerprint density at radius 1 is 1.83 bits per heavy atom. The number of carboxylic acids is 1. The molecule has 3 heteroatoms. The maximum absolute atomic E-state index is 9.26. The maximum atomic E-state index is 9.26. The summed E-state index contributed by atoms with van der Waals surface area (Å²) in [4.78, 5) is 9.26. The first kappa shape index (κ1) is 9.42. The van der Waals surface area contributed by atoms with E-state index in [-0.39, 0.29) is 25.3 Å². The first-order valence-corrected chi connectivity index (χ1v) is 1.47. The molecule has 0 saturated heterocycles. The molecule has 0 heterocycles. The van der Waals surface area contributed by atoms with Gasteiger partial charge in [-0.25, -0.2) is 0 Å². The van der Waals surface area contributed by atoms with Crippen LogP contribution in [-0.2, 0) is 4.79 Å². The standard InChI is InChI=1S/C3H6O2.Li/c1-2-3(4)5;/h2H2,1H3,(H,4,5);/q;+1/p-1. The summed E-state index contributed by atoms with van der Waals surface area (Å²) >= 11 is 0. The zero-order valence-electron chi connectivity index (χ0n) is 4.02. The van der Waals surface area contributed by atoms with Crippen LogP contribution in [0.3, 0.4) is 0 Å². The molecule has 0 rings (SSSR count). The summed E-state index contributed by atoms with van der Waals surface area (Å²) in [7, 11) is 0. The van der Waals surface area contributed by atoms with Crippen LogP contribution in [0, 0.1) is 0 Å². The van der Waals surface area contributed by atoms with E-state index in [2.05, 4.69) is 0 Å². The quantitative estimate of drug-likeness (QED) is 0.302. The summed E-state index contributed by atoms with van der Waals surface area (Å²) in [5, 5.41) is 9.26. The molecule has 0 radical (unpaired) electrons. The van der Waals surface area contributed by atoms with Crippen LogP contribution >= 0.6 is 0 Å². The number of carbonyl (C=O) groups is 1. The minimum absolute atomic E-state index is 0. The topological polar surface area (TPSA) is 40.1 Å². The van der Waals surface area contributed by atoms with Gasteiger partial charge in [-0.05, 0) is 6.42 Å². The maximum Gasteiger partial charge on any atom is 1.00 e. The van der Waals surface area contributed by atoms with Crippen LogP contribution in [0.25, 0.3) is 0 Å². The number of carboxylic acid groups (broad SMARTS) is 1. The molecule has 0 fully saturated rings. The fraction of sp³-hybridized carbons (Fsp3) is 0.667. The van der Waals surface area contributed by atoms with Crippen LogP contribution in [0.15, 0.2) is 0 Å². The zero-order valence-corrected chi connectivity index (χ0v) is 4.02. The molecule has 0 aliphatic carbocycles. The third-order valence-corrected chi connectivity index (χ3v) is 0.289. The minimum Gasteiger partial charge on any atom is -0.550 e. The van der Waals surface area contributed by atoms with Gasteiger partial charge in [-0.1, -0.05) is 6.92 Å². The summed E-state index contributed by atoms with van der Waals surface area (Å²) in [6.07, 6.45) is 0.111. The van der Waals surface area contributed by atoms with E-state index in [9.17, 15) is 9.90 Å².